The molecule has 4 rings (SSSR count). The van der Waals surface area contributed by atoms with Crippen molar-refractivity contribution in [3.63, 3.8) is 0 Å². The van der Waals surface area contributed by atoms with Crippen LogP contribution >= 0.6 is 0 Å². The largest absolute Gasteiger partial charge is 1.00 e. The van der Waals surface area contributed by atoms with Gasteiger partial charge in [0, 0.05) is 79.7 Å². The second-order valence-corrected chi connectivity index (χ2v) is 13.4. The minimum Gasteiger partial charge on any atom is -0.797 e. The van der Waals surface area contributed by atoms with Crippen molar-refractivity contribution in [3.8, 4) is 0 Å². The minimum absolute atomic E-state index is 0. The average molecular weight is 1230 g/mol. The maximum atomic E-state index is 7.16. The summed E-state index contributed by atoms with van der Waals surface area (Å²) in [5.41, 5.74) is 39.1. The van der Waals surface area contributed by atoms with E-state index in [4.69, 9.17) is 113 Å². The van der Waals surface area contributed by atoms with Gasteiger partial charge < -0.3 is 169 Å². The molecule has 0 amide bonds. The first-order valence-electron chi connectivity index (χ1n) is 16.7. The normalized spacial score (nSPS) is 20.0. The number of nitrogens with one attached hydrogen (secondary N) is 8. The zero-order valence-electron chi connectivity index (χ0n) is 32.1. The van der Waals surface area contributed by atoms with Gasteiger partial charge in [-0.05, 0) is 0 Å². The van der Waals surface area contributed by atoms with Crippen molar-refractivity contribution in [1.29, 1.82) is 0 Å². The first-order chi connectivity index (χ1) is 24.8. The molecule has 4 saturated heterocycles. The predicted molar refractivity (Wildman–Crippen MR) is 222 cm³/mol. The zero-order chi connectivity index (χ0) is 39.6. The first-order valence-corrected chi connectivity index (χ1v) is 19.5. The molecule has 0 bridgehead atoms. The molecule has 0 aromatic heterocycles. The maximum absolute atomic E-state index is 7.16. The second-order valence-electron chi connectivity index (χ2n) is 10.7. The fraction of sp³-hybridized carbons (Fsp3) is 1.00. The topological polar surface area (TPSA) is 235 Å². The molecule has 0 aliphatic carbocycles. The number of methoxy groups -OCH3 is 2. The van der Waals surface area contributed by atoms with Crippen molar-refractivity contribution in [2.45, 2.75) is 33.0 Å². The number of rotatable bonds is 12. The van der Waals surface area contributed by atoms with Crippen LogP contribution in [0, 0.1) is 0 Å². The van der Waals surface area contributed by atoms with Gasteiger partial charge in [-0.3, -0.25) is 0 Å². The summed E-state index contributed by atoms with van der Waals surface area (Å²) in [5.74, 6) is 0. The Bertz CT molecular complexity index is 657. The van der Waals surface area contributed by atoms with E-state index in [0.717, 1.165) is 105 Å². The molecule has 30 heteroatoms. The molecular weight excluding hydrogens is 1170 g/mol. The van der Waals surface area contributed by atoms with Crippen LogP contribution in [0.3, 0.4) is 0 Å². The molecular formula is C28H60Cu6N12O6S6-6. The van der Waals surface area contributed by atoms with Crippen molar-refractivity contribution in [3.05, 3.63) is 34.4 Å². The molecule has 4 fully saturated rings. The molecule has 0 aromatic carbocycles. The molecule has 376 valence electrons. The fourth-order valence-corrected chi connectivity index (χ4v) is 4.91. The van der Waals surface area contributed by atoms with Gasteiger partial charge in [-0.1, -0.05) is 0 Å². The summed E-state index contributed by atoms with van der Waals surface area (Å²) in [7, 11) is 3.23. The Morgan fingerprint density at radius 2 is 0.586 bits per heavy atom. The van der Waals surface area contributed by atoms with Gasteiger partial charge >= 0.3 is 102 Å². The maximum Gasteiger partial charge on any atom is 1.00 e. The van der Waals surface area contributed by atoms with Crippen LogP contribution in [-0.4, -0.2) is 198 Å². The van der Waals surface area contributed by atoms with Crippen molar-refractivity contribution >= 4 is 75.8 Å². The third-order valence-electron chi connectivity index (χ3n) is 6.78. The number of morpholine rings is 4. The number of ether oxygens (including phenoxy) is 6. The van der Waals surface area contributed by atoms with Crippen LogP contribution in [0.15, 0.2) is 0 Å². The van der Waals surface area contributed by atoms with Crippen LogP contribution in [0.5, 0.6) is 0 Å². The number of nitrogens with zero attached hydrogens (tertiary/aromatic N) is 4. The quantitative estimate of drug-likeness (QED) is 0.158. The molecule has 6 unspecified atom stereocenters. The monoisotopic (exact) mass is 1230 g/mol. The molecule has 0 spiro atoms. The van der Waals surface area contributed by atoms with Crippen LogP contribution in [0.1, 0.15) is 0 Å². The van der Waals surface area contributed by atoms with Gasteiger partial charge in [0.05, 0.1) is 66.1 Å². The fourth-order valence-electron chi connectivity index (χ4n) is 3.83. The third-order valence-corrected chi connectivity index (χ3v) is 8.31. The van der Waals surface area contributed by atoms with Gasteiger partial charge in [-0.2, -0.15) is 0 Å². The molecule has 4 aliphatic heterocycles. The molecule has 4 aliphatic rings. The molecule has 0 radical (unpaired) electrons. The molecule has 0 aromatic rings. The molecule has 58 heavy (non-hydrogen) atoms. The van der Waals surface area contributed by atoms with Crippen LogP contribution in [-0.2, 0) is 207 Å². The average Bonchev–Trinajstić information content (AvgIpc) is 3.14. The summed E-state index contributed by atoms with van der Waals surface area (Å²) < 4.78 is 29.7. The SMILES string of the molecule is COCCNC([NH-])[S-].COCCNC([NH-])[S-].[Cu+].[Cu+].[Cu+].[Cu+].[Cu+].[Cu+].[NH-]C([S-])N1CCOCC1.[NH-]C([S-])N1CCOCC1.[NH-]C([S-])N1CCOCC1.[NH-]C([S-])N1CCOCC1. The summed E-state index contributed by atoms with van der Waals surface area (Å²) in [6, 6.07) is 0. The van der Waals surface area contributed by atoms with Gasteiger partial charge in [0.25, 0.3) is 0 Å². The molecule has 6 atom stereocenters. The summed E-state index contributed by atoms with van der Waals surface area (Å²) in [6.07, 6.45) is 0. The Hall–Kier alpha value is 4.50. The zero-order valence-corrected chi connectivity index (χ0v) is 42.7. The van der Waals surface area contributed by atoms with Crippen molar-refractivity contribution in [1.82, 2.24) is 30.2 Å². The van der Waals surface area contributed by atoms with Crippen molar-refractivity contribution < 1.29 is 131 Å². The molecule has 4 heterocycles. The van der Waals surface area contributed by atoms with Crippen LogP contribution in [0.2, 0.25) is 0 Å². The molecule has 0 saturated carbocycles. The smallest absolute Gasteiger partial charge is 0.797 e. The Morgan fingerprint density at radius 1 is 0.414 bits per heavy atom. The van der Waals surface area contributed by atoms with Gasteiger partial charge in [-0.25, -0.2) is 33.0 Å². The van der Waals surface area contributed by atoms with Crippen molar-refractivity contribution in [2.75, 3.05) is 146 Å². The van der Waals surface area contributed by atoms with E-state index in [1.807, 2.05) is 19.6 Å². The molecule has 18 nitrogen and oxygen atoms in total. The van der Waals surface area contributed by atoms with Crippen molar-refractivity contribution in [2.24, 2.45) is 0 Å². The first kappa shape index (κ1) is 79.6. The van der Waals surface area contributed by atoms with E-state index in [2.05, 4.69) is 35.9 Å². The van der Waals surface area contributed by atoms with Gasteiger partial charge in [-0.15, -0.1) is 0 Å². The number of hydrogen-bond donors (Lipinski definition) is 2. The van der Waals surface area contributed by atoms with Gasteiger partial charge in [0.1, 0.15) is 0 Å². The summed E-state index contributed by atoms with van der Waals surface area (Å²) >= 11 is 27.9. The van der Waals surface area contributed by atoms with Crippen LogP contribution < -0.4 is 10.6 Å². The standard InChI is InChI=1S/4C5H11N2OS.2C4H11N2OS.6Cu/c4*6-5(9)7-1-3-8-4-2-7;2*1-7-3-2-6-4(5)8;;;;;;/h4*5-6,9H,1-4H2;2*4-6,8H,2-3H2,1H3;;;;;;/q6*-1;6*+1/p-6. The van der Waals surface area contributed by atoms with Crippen LogP contribution in [0.25, 0.3) is 34.4 Å². The summed E-state index contributed by atoms with van der Waals surface area (Å²) in [5, 5.41) is 5.41. The van der Waals surface area contributed by atoms with E-state index >= 15 is 0 Å². The van der Waals surface area contributed by atoms with E-state index in [1.54, 1.807) is 14.2 Å². The Kier molecular flexibility index (Phi) is 79.1. The summed E-state index contributed by atoms with van der Waals surface area (Å²) in [6.45, 7) is 14.9. The van der Waals surface area contributed by atoms with Crippen LogP contribution in [0.4, 0.5) is 0 Å². The van der Waals surface area contributed by atoms with Gasteiger partial charge in [0.15, 0.2) is 0 Å². The van der Waals surface area contributed by atoms with E-state index in [9.17, 15) is 0 Å². The molecule has 8 N–H and O–H groups in total. The van der Waals surface area contributed by atoms with E-state index in [1.165, 1.54) is 0 Å². The van der Waals surface area contributed by atoms with Gasteiger partial charge in [0.2, 0.25) is 0 Å². The Morgan fingerprint density at radius 3 is 0.690 bits per heavy atom. The minimum atomic E-state index is -0.592. The Balaban J connectivity index is -0.0000000846. The second kappa shape index (κ2) is 57.6. The number of hydrogen-bond acceptors (Lipinski definition) is 18. The van der Waals surface area contributed by atoms with E-state index in [0.29, 0.717) is 26.3 Å². The summed E-state index contributed by atoms with van der Waals surface area (Å²) in [4.78, 5) is 7.66. The predicted octanol–water partition coefficient (Wildman–Crippen LogP) is 1.00. The van der Waals surface area contributed by atoms with E-state index < -0.39 is 33.0 Å². The third kappa shape index (κ3) is 54.8. The van der Waals surface area contributed by atoms with E-state index in [-0.39, 0.29) is 102 Å². The Labute approximate surface area is 445 Å².